The van der Waals surface area contributed by atoms with E-state index in [1.165, 1.54) is 22.3 Å². The Morgan fingerprint density at radius 3 is 1.64 bits per heavy atom. The molecule has 0 spiro atoms. The van der Waals surface area contributed by atoms with Crippen molar-refractivity contribution >= 4 is 12.2 Å². The van der Waals surface area contributed by atoms with Gasteiger partial charge in [0.25, 0.3) is 0 Å². The monoisotopic (exact) mass is 184 g/mol. The van der Waals surface area contributed by atoms with Crippen LogP contribution in [-0.2, 0) is 12.8 Å². The van der Waals surface area contributed by atoms with E-state index in [-0.39, 0.29) is 0 Å². The molecule has 0 fully saturated rings. The van der Waals surface area contributed by atoms with E-state index in [1.54, 1.807) is 0 Å². The molecule has 70 valence electrons. The van der Waals surface area contributed by atoms with E-state index >= 15 is 0 Å². The molecule has 2 nitrogen and oxygen atoms in total. The van der Waals surface area contributed by atoms with Crippen molar-refractivity contribution in [2.45, 2.75) is 12.8 Å². The minimum atomic E-state index is 0.885. The van der Waals surface area contributed by atoms with Crippen LogP contribution < -0.4 is 11.5 Å². The molecule has 2 aliphatic carbocycles. The van der Waals surface area contributed by atoms with Gasteiger partial charge >= 0.3 is 0 Å². The fourth-order valence-electron chi connectivity index (χ4n) is 2.24. The molecule has 0 atom stereocenters. The quantitative estimate of drug-likeness (QED) is 0.640. The molecule has 2 aliphatic rings. The summed E-state index contributed by atoms with van der Waals surface area (Å²) in [4.78, 5) is 0. The second kappa shape index (κ2) is 2.41. The number of hydrogen-bond acceptors (Lipinski definition) is 2. The molecular weight excluding hydrogens is 172 g/mol. The van der Waals surface area contributed by atoms with E-state index in [0.29, 0.717) is 0 Å². The maximum atomic E-state index is 5.79. The zero-order valence-corrected chi connectivity index (χ0v) is 7.88. The normalized spacial score (nSPS) is 17.4. The number of nitrogens with two attached hydrogens (primary N) is 2. The van der Waals surface area contributed by atoms with Gasteiger partial charge in [-0.25, -0.2) is 0 Å². The molecule has 1 aromatic carbocycles. The van der Waals surface area contributed by atoms with Crippen molar-refractivity contribution in [2.75, 3.05) is 0 Å². The minimum absolute atomic E-state index is 0.885. The molecule has 0 saturated carbocycles. The topological polar surface area (TPSA) is 52.0 Å². The van der Waals surface area contributed by atoms with Crippen LogP contribution in [0.2, 0.25) is 0 Å². The van der Waals surface area contributed by atoms with Crippen LogP contribution in [0.25, 0.3) is 12.2 Å². The molecular formula is C12H12N2. The van der Waals surface area contributed by atoms with Crippen molar-refractivity contribution in [2.24, 2.45) is 11.5 Å². The lowest BCUT2D eigenvalue weighted by Gasteiger charge is -2.03. The SMILES string of the molecule is NC1=Cc2cc3c(cc2C1)C=C(N)C3. The van der Waals surface area contributed by atoms with E-state index in [0.717, 1.165) is 24.2 Å². The summed E-state index contributed by atoms with van der Waals surface area (Å²) < 4.78 is 0. The smallest absolute Gasteiger partial charge is 0.0131 e. The number of allylic oxidation sites excluding steroid dienone is 2. The summed E-state index contributed by atoms with van der Waals surface area (Å²) in [5.74, 6) is 0. The minimum Gasteiger partial charge on any atom is -0.402 e. The Bertz CT molecular complexity index is 436. The van der Waals surface area contributed by atoms with Crippen molar-refractivity contribution in [3.05, 3.63) is 45.8 Å². The fourth-order valence-corrected chi connectivity index (χ4v) is 2.24. The first kappa shape index (κ1) is 7.68. The van der Waals surface area contributed by atoms with Gasteiger partial charge in [0.2, 0.25) is 0 Å². The lowest BCUT2D eigenvalue weighted by Crippen LogP contribution is -1.96. The van der Waals surface area contributed by atoms with Crippen LogP contribution in [0.3, 0.4) is 0 Å². The third-order valence-electron chi connectivity index (χ3n) is 2.87. The Kier molecular flexibility index (Phi) is 1.32. The molecule has 0 saturated heterocycles. The largest absolute Gasteiger partial charge is 0.402 e. The molecule has 4 N–H and O–H groups in total. The maximum absolute atomic E-state index is 5.79. The van der Waals surface area contributed by atoms with Gasteiger partial charge in [0.1, 0.15) is 0 Å². The van der Waals surface area contributed by atoms with Crippen LogP contribution in [-0.4, -0.2) is 0 Å². The molecule has 0 unspecified atom stereocenters. The summed E-state index contributed by atoms with van der Waals surface area (Å²) in [7, 11) is 0. The van der Waals surface area contributed by atoms with E-state index in [2.05, 4.69) is 24.3 Å². The molecule has 0 heterocycles. The zero-order valence-electron chi connectivity index (χ0n) is 7.88. The molecule has 3 rings (SSSR count). The van der Waals surface area contributed by atoms with Crippen molar-refractivity contribution < 1.29 is 0 Å². The highest BCUT2D eigenvalue weighted by molar-refractivity contribution is 5.71. The molecule has 0 bridgehead atoms. The van der Waals surface area contributed by atoms with Gasteiger partial charge in [0.05, 0.1) is 0 Å². The average Bonchev–Trinajstić information content (AvgIpc) is 2.59. The third kappa shape index (κ3) is 0.970. The van der Waals surface area contributed by atoms with Crippen molar-refractivity contribution in [1.82, 2.24) is 0 Å². The van der Waals surface area contributed by atoms with Gasteiger partial charge in [-0.1, -0.05) is 12.1 Å². The average molecular weight is 184 g/mol. The van der Waals surface area contributed by atoms with Gasteiger partial charge < -0.3 is 11.5 Å². The third-order valence-corrected chi connectivity index (χ3v) is 2.87. The lowest BCUT2D eigenvalue weighted by molar-refractivity contribution is 1.13. The first-order valence-corrected chi connectivity index (χ1v) is 4.80. The van der Waals surface area contributed by atoms with Crippen LogP contribution in [0.15, 0.2) is 23.5 Å². The highest BCUT2D eigenvalue weighted by Gasteiger charge is 2.16. The summed E-state index contributed by atoms with van der Waals surface area (Å²) in [6, 6.07) is 4.42. The van der Waals surface area contributed by atoms with Gasteiger partial charge in [0.15, 0.2) is 0 Å². The van der Waals surface area contributed by atoms with Crippen LogP contribution >= 0.6 is 0 Å². The first-order chi connectivity index (χ1) is 6.72. The zero-order chi connectivity index (χ0) is 9.71. The van der Waals surface area contributed by atoms with Crippen molar-refractivity contribution in [1.29, 1.82) is 0 Å². The summed E-state index contributed by atoms with van der Waals surface area (Å²) in [6.45, 7) is 0. The predicted octanol–water partition coefficient (Wildman–Crippen LogP) is 1.40. The Balaban J connectivity index is 2.15. The summed E-state index contributed by atoms with van der Waals surface area (Å²) in [6.07, 6.45) is 5.89. The van der Waals surface area contributed by atoms with Gasteiger partial charge in [-0.15, -0.1) is 0 Å². The second-order valence-electron chi connectivity index (χ2n) is 4.04. The molecule has 0 radical (unpaired) electrons. The van der Waals surface area contributed by atoms with E-state index in [9.17, 15) is 0 Å². The van der Waals surface area contributed by atoms with Crippen LogP contribution in [0.4, 0.5) is 0 Å². The second-order valence-corrected chi connectivity index (χ2v) is 4.04. The summed E-state index contributed by atoms with van der Waals surface area (Å²) in [5.41, 5.74) is 18.7. The van der Waals surface area contributed by atoms with Crippen LogP contribution in [0, 0.1) is 0 Å². The Hall–Kier alpha value is -1.70. The van der Waals surface area contributed by atoms with Gasteiger partial charge in [-0.2, -0.15) is 0 Å². The Labute approximate surface area is 82.9 Å². The van der Waals surface area contributed by atoms with Gasteiger partial charge in [-0.05, 0) is 34.4 Å². The van der Waals surface area contributed by atoms with Crippen molar-refractivity contribution in [3.8, 4) is 0 Å². The van der Waals surface area contributed by atoms with E-state index < -0.39 is 0 Å². The molecule has 14 heavy (non-hydrogen) atoms. The molecule has 0 aliphatic heterocycles. The predicted molar refractivity (Wildman–Crippen MR) is 58.2 cm³/mol. The maximum Gasteiger partial charge on any atom is 0.0131 e. The van der Waals surface area contributed by atoms with E-state index in [1.807, 2.05) is 0 Å². The number of benzene rings is 1. The number of fused-ring (bicyclic) bond motifs is 2. The molecule has 0 aromatic heterocycles. The summed E-state index contributed by atoms with van der Waals surface area (Å²) in [5, 5.41) is 0. The number of hydrogen-bond donors (Lipinski definition) is 2. The molecule has 1 aromatic rings. The van der Waals surface area contributed by atoms with Gasteiger partial charge in [-0.3, -0.25) is 0 Å². The fraction of sp³-hybridized carbons (Fsp3) is 0.167. The van der Waals surface area contributed by atoms with E-state index in [4.69, 9.17) is 11.5 Å². The Morgan fingerprint density at radius 1 is 0.786 bits per heavy atom. The standard InChI is InChI=1S/C12H12N2/c13-11-3-7-1-8-4-12(14)6-10(8)2-9(7)5-11/h1-3,6H,4-5,13-14H2. The Morgan fingerprint density at radius 2 is 1.21 bits per heavy atom. The summed E-state index contributed by atoms with van der Waals surface area (Å²) >= 11 is 0. The highest BCUT2D eigenvalue weighted by Crippen LogP contribution is 2.30. The number of rotatable bonds is 0. The molecule has 2 heteroatoms. The lowest BCUT2D eigenvalue weighted by atomic mass is 10.0. The van der Waals surface area contributed by atoms with Gasteiger partial charge in [0, 0.05) is 24.2 Å². The van der Waals surface area contributed by atoms with Crippen LogP contribution in [0.5, 0.6) is 0 Å². The van der Waals surface area contributed by atoms with Crippen molar-refractivity contribution in [3.63, 3.8) is 0 Å². The molecule has 0 amide bonds. The first-order valence-electron chi connectivity index (χ1n) is 4.80. The van der Waals surface area contributed by atoms with Crippen LogP contribution in [0.1, 0.15) is 22.3 Å². The highest BCUT2D eigenvalue weighted by atomic mass is 14.6.